The molecule has 16 heavy (non-hydrogen) atoms. The average molecular weight is 226 g/mol. The molecule has 0 unspecified atom stereocenters. The van der Waals surface area contributed by atoms with Gasteiger partial charge < -0.3 is 19.7 Å². The Hall–Kier alpha value is -1.75. The van der Waals surface area contributed by atoms with Crippen molar-refractivity contribution in [3.05, 3.63) is 23.3 Å². The van der Waals surface area contributed by atoms with E-state index in [1.165, 1.54) is 20.3 Å². The highest BCUT2D eigenvalue weighted by atomic mass is 16.5. The van der Waals surface area contributed by atoms with E-state index in [2.05, 4.69) is 0 Å². The van der Waals surface area contributed by atoms with Crippen molar-refractivity contribution in [2.75, 3.05) is 20.8 Å². The first-order valence-corrected chi connectivity index (χ1v) is 4.73. The van der Waals surface area contributed by atoms with Crippen molar-refractivity contribution < 1.29 is 24.5 Å². The van der Waals surface area contributed by atoms with Crippen LogP contribution in [0.3, 0.4) is 0 Å². The van der Waals surface area contributed by atoms with Gasteiger partial charge >= 0.3 is 5.97 Å². The number of hydrogen-bond donors (Lipinski definition) is 2. The van der Waals surface area contributed by atoms with Crippen molar-refractivity contribution in [1.82, 2.24) is 0 Å². The molecule has 0 saturated carbocycles. The molecule has 0 aromatic heterocycles. The minimum absolute atomic E-state index is 0.0327. The van der Waals surface area contributed by atoms with Gasteiger partial charge in [0, 0.05) is 6.61 Å². The largest absolute Gasteiger partial charge is 0.493 e. The zero-order chi connectivity index (χ0) is 12.1. The lowest BCUT2D eigenvalue weighted by molar-refractivity contribution is 0.0692. The summed E-state index contributed by atoms with van der Waals surface area (Å²) in [6.07, 6.45) is 0.376. The van der Waals surface area contributed by atoms with Crippen LogP contribution in [-0.2, 0) is 6.42 Å². The number of ether oxygens (including phenoxy) is 2. The maximum Gasteiger partial charge on any atom is 0.339 e. The summed E-state index contributed by atoms with van der Waals surface area (Å²) in [5.41, 5.74) is 0.725. The number of aromatic carboxylic acids is 1. The number of rotatable bonds is 5. The maximum absolute atomic E-state index is 11.0. The van der Waals surface area contributed by atoms with E-state index in [-0.39, 0.29) is 17.9 Å². The number of carbonyl (C=O) groups is 1. The van der Waals surface area contributed by atoms with E-state index < -0.39 is 5.97 Å². The lowest BCUT2D eigenvalue weighted by Crippen LogP contribution is -2.04. The van der Waals surface area contributed by atoms with Crippen LogP contribution in [0.4, 0.5) is 0 Å². The van der Waals surface area contributed by atoms with Gasteiger partial charge in [-0.25, -0.2) is 4.79 Å². The van der Waals surface area contributed by atoms with Crippen molar-refractivity contribution in [1.29, 1.82) is 0 Å². The smallest absolute Gasteiger partial charge is 0.339 e. The third-order valence-electron chi connectivity index (χ3n) is 2.17. The maximum atomic E-state index is 11.0. The zero-order valence-electron chi connectivity index (χ0n) is 9.19. The zero-order valence-corrected chi connectivity index (χ0v) is 9.19. The van der Waals surface area contributed by atoms with Crippen molar-refractivity contribution in [2.24, 2.45) is 0 Å². The molecule has 1 aromatic carbocycles. The fourth-order valence-electron chi connectivity index (χ4n) is 1.45. The van der Waals surface area contributed by atoms with Crippen LogP contribution in [0.1, 0.15) is 15.9 Å². The number of methoxy groups -OCH3 is 2. The number of aliphatic hydroxyl groups excluding tert-OH is 1. The van der Waals surface area contributed by atoms with Crippen molar-refractivity contribution in [3.8, 4) is 11.5 Å². The molecule has 0 spiro atoms. The highest BCUT2D eigenvalue weighted by Gasteiger charge is 2.17. The molecule has 0 radical (unpaired) electrons. The number of hydrogen-bond acceptors (Lipinski definition) is 4. The molecule has 0 aliphatic carbocycles. The Morgan fingerprint density at radius 2 is 2.00 bits per heavy atom. The van der Waals surface area contributed by atoms with Crippen LogP contribution in [0.2, 0.25) is 0 Å². The van der Waals surface area contributed by atoms with Gasteiger partial charge in [0.1, 0.15) is 5.56 Å². The summed E-state index contributed by atoms with van der Waals surface area (Å²) >= 11 is 0. The summed E-state index contributed by atoms with van der Waals surface area (Å²) in [6, 6.07) is 3.13. The Kier molecular flexibility index (Phi) is 4.13. The van der Waals surface area contributed by atoms with E-state index >= 15 is 0 Å². The molecule has 5 nitrogen and oxygen atoms in total. The summed E-state index contributed by atoms with van der Waals surface area (Å²) in [7, 11) is 2.82. The van der Waals surface area contributed by atoms with Crippen LogP contribution >= 0.6 is 0 Å². The van der Waals surface area contributed by atoms with Gasteiger partial charge in [-0.1, -0.05) is 0 Å². The molecule has 0 aliphatic heterocycles. The monoisotopic (exact) mass is 226 g/mol. The van der Waals surface area contributed by atoms with Crippen molar-refractivity contribution >= 4 is 5.97 Å². The lowest BCUT2D eigenvalue weighted by atomic mass is 10.1. The van der Waals surface area contributed by atoms with Crippen molar-refractivity contribution in [2.45, 2.75) is 6.42 Å². The topological polar surface area (TPSA) is 76.0 Å². The third kappa shape index (κ3) is 2.43. The summed E-state index contributed by atoms with van der Waals surface area (Å²) in [6.45, 7) is -0.0471. The standard InChI is InChI=1S/C11H14O5/c1-15-9-6-7(3-4-12)5-8(11(13)14)10(9)16-2/h5-6,12H,3-4H2,1-2H3,(H,13,14). The summed E-state index contributed by atoms with van der Waals surface area (Å²) in [4.78, 5) is 11.0. The Labute approximate surface area is 93.2 Å². The van der Waals surface area contributed by atoms with Gasteiger partial charge in [-0.15, -0.1) is 0 Å². The van der Waals surface area contributed by atoms with Crippen LogP contribution in [0.25, 0.3) is 0 Å². The number of benzene rings is 1. The van der Waals surface area contributed by atoms with E-state index in [1.807, 2.05) is 0 Å². The highest BCUT2D eigenvalue weighted by molar-refractivity contribution is 5.92. The molecule has 0 saturated heterocycles. The molecule has 1 rings (SSSR count). The van der Waals surface area contributed by atoms with Gasteiger partial charge in [0.2, 0.25) is 0 Å². The lowest BCUT2D eigenvalue weighted by Gasteiger charge is -2.12. The van der Waals surface area contributed by atoms with E-state index in [4.69, 9.17) is 19.7 Å². The van der Waals surface area contributed by atoms with Crippen molar-refractivity contribution in [3.63, 3.8) is 0 Å². The molecule has 1 aromatic rings. The van der Waals surface area contributed by atoms with Gasteiger partial charge in [0.25, 0.3) is 0 Å². The first-order valence-electron chi connectivity index (χ1n) is 4.73. The second kappa shape index (κ2) is 5.37. The first kappa shape index (κ1) is 12.3. The van der Waals surface area contributed by atoms with Crippen LogP contribution in [-0.4, -0.2) is 37.0 Å². The Balaban J connectivity index is 3.31. The normalized spacial score (nSPS) is 9.94. The molecule has 0 aliphatic rings. The number of aliphatic hydroxyl groups is 1. The van der Waals surface area contributed by atoms with Crippen LogP contribution < -0.4 is 9.47 Å². The van der Waals surface area contributed by atoms with Gasteiger partial charge in [0.15, 0.2) is 11.5 Å². The molecule has 0 heterocycles. The van der Waals surface area contributed by atoms with Gasteiger partial charge in [-0.2, -0.15) is 0 Å². The molecular formula is C11H14O5. The molecule has 0 amide bonds. The predicted octanol–water partition coefficient (Wildman–Crippen LogP) is 0.937. The molecule has 5 heteroatoms. The molecule has 88 valence electrons. The summed E-state index contributed by atoms with van der Waals surface area (Å²) in [5, 5.41) is 17.8. The van der Waals surface area contributed by atoms with E-state index in [0.717, 1.165) is 0 Å². The van der Waals surface area contributed by atoms with E-state index in [9.17, 15) is 4.79 Å². The number of carboxylic acid groups (broad SMARTS) is 1. The molecular weight excluding hydrogens is 212 g/mol. The van der Waals surface area contributed by atoms with Gasteiger partial charge in [0.05, 0.1) is 14.2 Å². The quantitative estimate of drug-likeness (QED) is 0.781. The summed E-state index contributed by atoms with van der Waals surface area (Å²) < 4.78 is 10.0. The first-order chi connectivity index (χ1) is 7.63. The van der Waals surface area contributed by atoms with E-state index in [1.54, 1.807) is 6.07 Å². The summed E-state index contributed by atoms with van der Waals surface area (Å²) in [5.74, 6) is -0.544. The minimum atomic E-state index is -1.09. The minimum Gasteiger partial charge on any atom is -0.493 e. The fourth-order valence-corrected chi connectivity index (χ4v) is 1.45. The Morgan fingerprint density at radius 3 is 2.44 bits per heavy atom. The fraction of sp³-hybridized carbons (Fsp3) is 0.364. The molecule has 0 fully saturated rings. The molecule has 0 bridgehead atoms. The molecule has 2 N–H and O–H groups in total. The van der Waals surface area contributed by atoms with Crippen LogP contribution in [0.15, 0.2) is 12.1 Å². The predicted molar refractivity (Wildman–Crippen MR) is 57.3 cm³/mol. The second-order valence-corrected chi connectivity index (χ2v) is 3.16. The Morgan fingerprint density at radius 1 is 1.31 bits per heavy atom. The second-order valence-electron chi connectivity index (χ2n) is 3.16. The van der Waals surface area contributed by atoms with Gasteiger partial charge in [-0.3, -0.25) is 0 Å². The average Bonchev–Trinajstić information content (AvgIpc) is 2.28. The van der Waals surface area contributed by atoms with Crippen LogP contribution in [0.5, 0.6) is 11.5 Å². The number of carboxylic acids is 1. The third-order valence-corrected chi connectivity index (χ3v) is 2.17. The Bertz CT molecular complexity index is 386. The highest BCUT2D eigenvalue weighted by Crippen LogP contribution is 2.32. The SMILES string of the molecule is COc1cc(CCO)cc(C(=O)O)c1OC. The van der Waals surface area contributed by atoms with E-state index in [0.29, 0.717) is 17.7 Å². The van der Waals surface area contributed by atoms with Crippen LogP contribution in [0, 0.1) is 0 Å². The van der Waals surface area contributed by atoms with Gasteiger partial charge in [-0.05, 0) is 24.1 Å². The molecule has 0 atom stereocenters.